The number of hydrogen-bond acceptors (Lipinski definition) is 4. The Morgan fingerprint density at radius 1 is 1.36 bits per heavy atom. The summed E-state index contributed by atoms with van der Waals surface area (Å²) in [5.74, 6) is -3.28. The molecule has 150 valence electrons. The zero-order valence-corrected chi connectivity index (χ0v) is 15.8. The number of anilines is 1. The molecule has 4 rings (SSSR count). The summed E-state index contributed by atoms with van der Waals surface area (Å²) in [4.78, 5) is 15.8. The Balaban J connectivity index is 1.53. The van der Waals surface area contributed by atoms with Crippen LogP contribution in [0.4, 0.5) is 23.7 Å². The minimum absolute atomic E-state index is 0.0887. The highest BCUT2D eigenvalue weighted by Gasteiger charge is 2.42. The van der Waals surface area contributed by atoms with Gasteiger partial charge in [-0.05, 0) is 25.1 Å². The number of urea groups is 1. The van der Waals surface area contributed by atoms with Crippen LogP contribution < -0.4 is 10.7 Å². The van der Waals surface area contributed by atoms with Crippen molar-refractivity contribution >= 4 is 23.3 Å². The fraction of sp³-hybridized carbons (Fsp3) is 0.389. The van der Waals surface area contributed by atoms with Crippen LogP contribution in [-0.4, -0.2) is 52.4 Å². The monoisotopic (exact) mass is 413 g/mol. The molecular formula is C18H19ClF3N5O. The van der Waals surface area contributed by atoms with Crippen LogP contribution in [0.5, 0.6) is 0 Å². The highest BCUT2D eigenvalue weighted by Crippen LogP contribution is 2.35. The number of amides is 2. The van der Waals surface area contributed by atoms with E-state index in [-0.39, 0.29) is 30.6 Å². The molecule has 2 N–H and O–H groups in total. The summed E-state index contributed by atoms with van der Waals surface area (Å²) in [5.41, 5.74) is 4.72. The van der Waals surface area contributed by atoms with Gasteiger partial charge in [-0.25, -0.2) is 18.0 Å². The molecule has 1 atom stereocenters. The third-order valence-electron chi connectivity index (χ3n) is 5.01. The Hall–Kier alpha value is -2.55. The molecule has 1 aromatic carbocycles. The zero-order chi connectivity index (χ0) is 20.1. The number of rotatable bonds is 2. The van der Waals surface area contributed by atoms with Crippen molar-refractivity contribution in [3.8, 4) is 0 Å². The van der Waals surface area contributed by atoms with E-state index in [0.29, 0.717) is 23.6 Å². The van der Waals surface area contributed by atoms with Gasteiger partial charge in [0.25, 0.3) is 5.92 Å². The molecule has 28 heavy (non-hydrogen) atoms. The van der Waals surface area contributed by atoms with Crippen LogP contribution in [0.2, 0.25) is 5.02 Å². The molecule has 3 aliphatic rings. The number of hydrazine groups is 1. The number of carbonyl (C=O) groups is 1. The average molecular weight is 414 g/mol. The van der Waals surface area contributed by atoms with Crippen molar-refractivity contribution in [2.75, 3.05) is 25.0 Å². The lowest BCUT2D eigenvalue weighted by molar-refractivity contribution is 0.0151. The van der Waals surface area contributed by atoms with E-state index in [1.165, 1.54) is 23.1 Å². The molecule has 3 heterocycles. The first-order valence-electron chi connectivity index (χ1n) is 8.87. The molecule has 1 saturated heterocycles. The van der Waals surface area contributed by atoms with E-state index in [4.69, 9.17) is 11.6 Å². The summed E-state index contributed by atoms with van der Waals surface area (Å²) >= 11 is 5.76. The van der Waals surface area contributed by atoms with Crippen LogP contribution in [0.25, 0.3) is 0 Å². The first-order valence-corrected chi connectivity index (χ1v) is 9.24. The number of hydrogen-bond donors (Lipinski definition) is 2. The quantitative estimate of drug-likeness (QED) is 0.778. The smallest absolute Gasteiger partial charge is 0.326 e. The van der Waals surface area contributed by atoms with Gasteiger partial charge in [0.2, 0.25) is 0 Å². The lowest BCUT2D eigenvalue weighted by atomic mass is 10.2. The van der Waals surface area contributed by atoms with Crippen LogP contribution in [0.15, 0.2) is 42.0 Å². The maximum absolute atomic E-state index is 13.6. The second-order valence-electron chi connectivity index (χ2n) is 7.13. The minimum atomic E-state index is -2.71. The van der Waals surface area contributed by atoms with Crippen molar-refractivity contribution in [1.82, 2.24) is 20.2 Å². The number of benzene rings is 1. The van der Waals surface area contributed by atoms with Crippen molar-refractivity contribution < 1.29 is 18.0 Å². The summed E-state index contributed by atoms with van der Waals surface area (Å²) in [7, 11) is 0. The minimum Gasteiger partial charge on any atom is -0.362 e. The topological polar surface area (TPSA) is 50.9 Å². The maximum Gasteiger partial charge on any atom is 0.326 e. The van der Waals surface area contributed by atoms with Crippen LogP contribution in [-0.2, 0) is 0 Å². The molecule has 1 aromatic rings. The van der Waals surface area contributed by atoms with Crippen molar-refractivity contribution in [3.63, 3.8) is 0 Å². The predicted molar refractivity (Wildman–Crippen MR) is 98.9 cm³/mol. The molecule has 0 bridgehead atoms. The summed E-state index contributed by atoms with van der Waals surface area (Å²) in [6, 6.07) is 3.33. The highest BCUT2D eigenvalue weighted by atomic mass is 35.5. The summed E-state index contributed by atoms with van der Waals surface area (Å²) in [6.45, 7) is 2.25. The van der Waals surface area contributed by atoms with E-state index in [1.54, 1.807) is 17.3 Å². The molecule has 0 aliphatic carbocycles. The molecule has 0 aromatic heterocycles. The fourth-order valence-corrected chi connectivity index (χ4v) is 3.71. The van der Waals surface area contributed by atoms with E-state index >= 15 is 0 Å². The molecular weight excluding hydrogens is 395 g/mol. The largest absolute Gasteiger partial charge is 0.362 e. The van der Waals surface area contributed by atoms with Gasteiger partial charge in [0.05, 0.1) is 35.5 Å². The lowest BCUT2D eigenvalue weighted by Crippen LogP contribution is -2.50. The van der Waals surface area contributed by atoms with Crippen molar-refractivity contribution in [3.05, 3.63) is 52.8 Å². The van der Waals surface area contributed by atoms with Gasteiger partial charge in [-0.1, -0.05) is 11.6 Å². The van der Waals surface area contributed by atoms with E-state index in [0.717, 1.165) is 0 Å². The Morgan fingerprint density at radius 2 is 2.14 bits per heavy atom. The van der Waals surface area contributed by atoms with Gasteiger partial charge in [-0.15, -0.1) is 0 Å². The fourth-order valence-electron chi connectivity index (χ4n) is 3.53. The van der Waals surface area contributed by atoms with Crippen LogP contribution in [0.1, 0.15) is 13.3 Å². The lowest BCUT2D eigenvalue weighted by Gasteiger charge is -2.37. The van der Waals surface area contributed by atoms with Crippen molar-refractivity contribution in [2.24, 2.45) is 0 Å². The van der Waals surface area contributed by atoms with Crippen molar-refractivity contribution in [2.45, 2.75) is 25.3 Å². The van der Waals surface area contributed by atoms with Crippen LogP contribution in [0.3, 0.4) is 0 Å². The Kier molecular flexibility index (Phi) is 4.57. The van der Waals surface area contributed by atoms with E-state index in [2.05, 4.69) is 10.7 Å². The average Bonchev–Trinajstić information content (AvgIpc) is 3.19. The number of carbonyl (C=O) groups excluding carboxylic acids is 1. The zero-order valence-electron chi connectivity index (χ0n) is 15.1. The van der Waals surface area contributed by atoms with Gasteiger partial charge >= 0.3 is 6.03 Å². The first-order chi connectivity index (χ1) is 13.2. The van der Waals surface area contributed by atoms with Gasteiger partial charge in [-0.3, -0.25) is 9.91 Å². The summed E-state index contributed by atoms with van der Waals surface area (Å²) < 4.78 is 40.5. The second kappa shape index (κ2) is 6.80. The van der Waals surface area contributed by atoms with Crippen molar-refractivity contribution in [1.29, 1.82) is 0 Å². The van der Waals surface area contributed by atoms with Crippen LogP contribution in [0, 0.1) is 5.82 Å². The first kappa shape index (κ1) is 18.8. The SMILES string of the molecule is C[C@H]1CN2NC=C(N3CCC(F)(F)C3)C2=CN1C(=O)Nc1ccc(F)c(Cl)c1. The molecule has 0 saturated carbocycles. The van der Waals surface area contributed by atoms with E-state index in [1.807, 2.05) is 11.9 Å². The van der Waals surface area contributed by atoms with E-state index in [9.17, 15) is 18.0 Å². The predicted octanol–water partition coefficient (Wildman–Crippen LogP) is 3.56. The Labute approximate surface area is 165 Å². The Bertz CT molecular complexity index is 875. The standard InChI is InChI=1S/C18H19ClF3N5O/c1-11-8-27-16(15(7-23-27)25-5-4-18(21,22)10-25)9-26(11)17(28)24-12-2-3-14(20)13(19)6-12/h2-3,6-7,9,11,23H,4-5,8,10H2,1H3,(H,24,28)/t11-/m0/s1. The number of nitrogens with zero attached hydrogens (tertiary/aromatic N) is 3. The number of halogens is 4. The van der Waals surface area contributed by atoms with Crippen LogP contribution >= 0.6 is 11.6 Å². The molecule has 0 unspecified atom stereocenters. The summed E-state index contributed by atoms with van der Waals surface area (Å²) in [5, 5.41) is 4.43. The molecule has 0 spiro atoms. The molecule has 1 fully saturated rings. The molecule has 0 radical (unpaired) electrons. The Morgan fingerprint density at radius 3 is 2.82 bits per heavy atom. The number of likely N-dealkylation sites (tertiary alicyclic amines) is 1. The molecule has 2 amide bonds. The number of nitrogens with one attached hydrogen (secondary N) is 2. The maximum atomic E-state index is 13.6. The van der Waals surface area contributed by atoms with Gasteiger partial charge in [0.15, 0.2) is 0 Å². The van der Waals surface area contributed by atoms with E-state index < -0.39 is 17.8 Å². The summed E-state index contributed by atoms with van der Waals surface area (Å²) in [6.07, 6.45) is 3.13. The third kappa shape index (κ3) is 3.46. The van der Waals surface area contributed by atoms with Gasteiger partial charge in [0, 0.05) is 31.1 Å². The third-order valence-corrected chi connectivity index (χ3v) is 5.30. The molecule has 3 aliphatic heterocycles. The van der Waals surface area contributed by atoms with Gasteiger partial charge in [-0.2, -0.15) is 0 Å². The highest BCUT2D eigenvalue weighted by molar-refractivity contribution is 6.31. The molecule has 6 nitrogen and oxygen atoms in total. The number of alkyl halides is 2. The number of fused-ring (bicyclic) bond motifs is 1. The second-order valence-corrected chi connectivity index (χ2v) is 7.53. The normalized spacial score (nSPS) is 23.2. The molecule has 10 heteroatoms. The van der Waals surface area contributed by atoms with Gasteiger partial charge in [0.1, 0.15) is 5.82 Å². The van der Waals surface area contributed by atoms with Gasteiger partial charge < -0.3 is 15.6 Å².